The van der Waals surface area contributed by atoms with Gasteiger partial charge in [-0.25, -0.2) is 4.98 Å². The smallest absolute Gasteiger partial charge is 0.291 e. The first-order valence-electron chi connectivity index (χ1n) is 14.1. The van der Waals surface area contributed by atoms with Gasteiger partial charge in [0.15, 0.2) is 5.82 Å². The number of imidazole rings is 1. The van der Waals surface area contributed by atoms with Crippen molar-refractivity contribution >= 4 is 34.8 Å². The molecule has 0 spiro atoms. The minimum atomic E-state index is -0.394. The number of methoxy groups -OCH3 is 1. The van der Waals surface area contributed by atoms with Crippen LogP contribution >= 0.6 is 11.6 Å². The van der Waals surface area contributed by atoms with Crippen molar-refractivity contribution in [2.45, 2.75) is 40.0 Å². The van der Waals surface area contributed by atoms with Crippen molar-refractivity contribution in [2.24, 2.45) is 7.05 Å². The van der Waals surface area contributed by atoms with Crippen LogP contribution in [0.3, 0.4) is 0 Å². The van der Waals surface area contributed by atoms with Crippen molar-refractivity contribution in [3.05, 3.63) is 93.3 Å². The van der Waals surface area contributed by atoms with Gasteiger partial charge in [0.05, 0.1) is 29.6 Å². The number of amides is 2. The second kappa shape index (κ2) is 13.0. The fourth-order valence-corrected chi connectivity index (χ4v) is 5.68. The zero-order valence-electron chi connectivity index (χ0n) is 24.7. The summed E-state index contributed by atoms with van der Waals surface area (Å²) in [5.41, 5.74) is 6.87. The summed E-state index contributed by atoms with van der Waals surface area (Å²) in [5, 5.41) is 15.8. The molecule has 2 aromatic heterocycles. The predicted octanol–water partition coefficient (Wildman–Crippen LogP) is 4.97. The lowest BCUT2D eigenvalue weighted by molar-refractivity contribution is 0.100. The van der Waals surface area contributed by atoms with E-state index in [9.17, 15) is 14.7 Å². The summed E-state index contributed by atoms with van der Waals surface area (Å²) in [5.74, 6) is -0.377. The van der Waals surface area contributed by atoms with Gasteiger partial charge in [0.25, 0.3) is 11.8 Å². The number of aliphatic hydroxyl groups is 1. The molecule has 0 bridgehead atoms. The number of anilines is 2. The third kappa shape index (κ3) is 6.18. The van der Waals surface area contributed by atoms with Crippen molar-refractivity contribution in [3.8, 4) is 11.1 Å². The number of halogens is 1. The standard InChI is InChI=1S/C32H35ClN6O4/c1-5-39-13-12-28-27(16-39)35-30(38(28)3)32(42)37-25-11-7-9-23(29(25)33)22-8-6-10-24(19(22)2)36-31(41)26-14-20(18-43-4)21(17-40)15-34-26/h6-11,14-15,40H,5,12-13,16-18H2,1-4H3,(H,36,41)(H,37,42). The molecule has 3 N–H and O–H groups in total. The lowest BCUT2D eigenvalue weighted by atomic mass is 9.98. The molecule has 10 nitrogen and oxygen atoms in total. The Bertz CT molecular complexity index is 1680. The topological polar surface area (TPSA) is 122 Å². The molecule has 2 aromatic carbocycles. The molecule has 1 aliphatic heterocycles. The Morgan fingerprint density at radius 2 is 1.79 bits per heavy atom. The number of rotatable bonds is 9. The first kappa shape index (κ1) is 30.4. The summed E-state index contributed by atoms with van der Waals surface area (Å²) < 4.78 is 7.07. The van der Waals surface area contributed by atoms with Gasteiger partial charge in [0.2, 0.25) is 0 Å². The number of fused-ring (bicyclic) bond motifs is 1. The second-order valence-electron chi connectivity index (χ2n) is 10.5. The van der Waals surface area contributed by atoms with Crippen LogP contribution in [-0.2, 0) is 38.0 Å². The fraction of sp³-hybridized carbons (Fsp3) is 0.312. The van der Waals surface area contributed by atoms with Gasteiger partial charge in [-0.3, -0.25) is 19.5 Å². The van der Waals surface area contributed by atoms with E-state index in [1.165, 1.54) is 6.20 Å². The number of hydrogen-bond donors (Lipinski definition) is 3. The van der Waals surface area contributed by atoms with Crippen molar-refractivity contribution in [2.75, 3.05) is 30.8 Å². The monoisotopic (exact) mass is 602 g/mol. The highest BCUT2D eigenvalue weighted by Crippen LogP contribution is 2.37. The van der Waals surface area contributed by atoms with Crippen LogP contribution in [0.1, 0.15) is 56.1 Å². The highest BCUT2D eigenvalue weighted by molar-refractivity contribution is 6.36. The van der Waals surface area contributed by atoms with E-state index in [1.807, 2.05) is 42.8 Å². The van der Waals surface area contributed by atoms with Gasteiger partial charge in [-0.05, 0) is 48.4 Å². The Morgan fingerprint density at radius 1 is 1.07 bits per heavy atom. The first-order chi connectivity index (χ1) is 20.7. The summed E-state index contributed by atoms with van der Waals surface area (Å²) >= 11 is 6.88. The molecular formula is C32H35ClN6O4. The third-order valence-corrected chi connectivity index (χ3v) is 8.30. The fourth-order valence-electron chi connectivity index (χ4n) is 5.40. The van der Waals surface area contributed by atoms with Crippen LogP contribution < -0.4 is 10.6 Å². The number of pyridine rings is 1. The van der Waals surface area contributed by atoms with Gasteiger partial charge in [-0.15, -0.1) is 0 Å². The molecule has 0 aliphatic carbocycles. The number of carbonyl (C=O) groups excluding carboxylic acids is 2. The number of nitrogens with one attached hydrogen (secondary N) is 2. The SMILES string of the molecule is CCN1CCc2c(nc(C(=O)Nc3cccc(-c4cccc(NC(=O)c5cc(COC)c(CO)cn5)c4C)c3Cl)n2C)C1. The van der Waals surface area contributed by atoms with Gasteiger partial charge in [-0.1, -0.05) is 42.8 Å². The lowest BCUT2D eigenvalue weighted by Gasteiger charge is -2.24. The van der Waals surface area contributed by atoms with Crippen LogP contribution in [0, 0.1) is 6.92 Å². The van der Waals surface area contributed by atoms with Crippen molar-refractivity contribution in [1.29, 1.82) is 0 Å². The lowest BCUT2D eigenvalue weighted by Crippen LogP contribution is -2.30. The summed E-state index contributed by atoms with van der Waals surface area (Å²) in [6.45, 7) is 6.67. The van der Waals surface area contributed by atoms with E-state index in [1.54, 1.807) is 25.3 Å². The van der Waals surface area contributed by atoms with Gasteiger partial charge in [0.1, 0.15) is 5.69 Å². The number of hydrogen-bond acceptors (Lipinski definition) is 7. The van der Waals surface area contributed by atoms with Gasteiger partial charge in [-0.2, -0.15) is 0 Å². The van der Waals surface area contributed by atoms with Crippen LogP contribution in [0.25, 0.3) is 11.1 Å². The molecule has 11 heteroatoms. The Morgan fingerprint density at radius 3 is 2.51 bits per heavy atom. The number of carbonyl (C=O) groups is 2. The molecule has 43 heavy (non-hydrogen) atoms. The molecule has 1 aliphatic rings. The van der Waals surface area contributed by atoms with Crippen molar-refractivity contribution in [1.82, 2.24) is 19.4 Å². The molecule has 0 fully saturated rings. The number of aromatic nitrogens is 3. The molecule has 0 unspecified atom stereocenters. The van der Waals surface area contributed by atoms with Crippen LogP contribution in [0.5, 0.6) is 0 Å². The summed E-state index contributed by atoms with van der Waals surface area (Å²) in [4.78, 5) is 37.6. The molecule has 0 atom stereocenters. The van der Waals surface area contributed by atoms with Crippen LogP contribution in [0.4, 0.5) is 11.4 Å². The van der Waals surface area contributed by atoms with Gasteiger partial charge < -0.3 is 25.0 Å². The third-order valence-electron chi connectivity index (χ3n) is 7.89. The van der Waals surface area contributed by atoms with Crippen LogP contribution in [0.15, 0.2) is 48.7 Å². The van der Waals surface area contributed by atoms with Crippen molar-refractivity contribution < 1.29 is 19.4 Å². The zero-order valence-corrected chi connectivity index (χ0v) is 25.5. The molecule has 3 heterocycles. The van der Waals surface area contributed by atoms with E-state index in [0.717, 1.165) is 48.6 Å². The van der Waals surface area contributed by atoms with E-state index in [2.05, 4.69) is 32.4 Å². The second-order valence-corrected chi connectivity index (χ2v) is 10.9. The van der Waals surface area contributed by atoms with E-state index in [-0.39, 0.29) is 24.8 Å². The van der Waals surface area contributed by atoms with Crippen molar-refractivity contribution in [3.63, 3.8) is 0 Å². The maximum Gasteiger partial charge on any atom is 0.291 e. The van der Waals surface area contributed by atoms with E-state index < -0.39 is 5.91 Å². The molecule has 0 radical (unpaired) electrons. The minimum absolute atomic E-state index is 0.198. The highest BCUT2D eigenvalue weighted by atomic mass is 35.5. The number of aliphatic hydroxyl groups excluding tert-OH is 1. The molecule has 0 saturated carbocycles. The van der Waals surface area contributed by atoms with Gasteiger partial charge in [0, 0.05) is 62.4 Å². The summed E-state index contributed by atoms with van der Waals surface area (Å²) in [6.07, 6.45) is 2.33. The maximum atomic E-state index is 13.3. The number of benzene rings is 2. The normalized spacial score (nSPS) is 13.1. The van der Waals surface area contributed by atoms with E-state index in [0.29, 0.717) is 38.9 Å². The summed E-state index contributed by atoms with van der Waals surface area (Å²) in [6, 6.07) is 12.6. The largest absolute Gasteiger partial charge is 0.392 e. The molecule has 2 amide bonds. The predicted molar refractivity (Wildman–Crippen MR) is 166 cm³/mol. The molecule has 0 saturated heterocycles. The first-order valence-corrected chi connectivity index (χ1v) is 14.5. The number of nitrogens with zero attached hydrogens (tertiary/aromatic N) is 4. The number of ether oxygens (including phenoxy) is 1. The summed E-state index contributed by atoms with van der Waals surface area (Å²) in [7, 11) is 3.42. The maximum absolute atomic E-state index is 13.3. The van der Waals surface area contributed by atoms with E-state index >= 15 is 0 Å². The Kier molecular flexibility index (Phi) is 9.22. The zero-order chi connectivity index (χ0) is 30.7. The minimum Gasteiger partial charge on any atom is -0.392 e. The van der Waals surface area contributed by atoms with E-state index in [4.69, 9.17) is 16.3 Å². The Labute approximate surface area is 255 Å². The number of likely N-dealkylation sites (N-methyl/N-ethyl adjacent to an activating group) is 1. The van der Waals surface area contributed by atoms with Crippen LogP contribution in [0.2, 0.25) is 5.02 Å². The molecular weight excluding hydrogens is 568 g/mol. The Hall–Kier alpha value is -4.09. The van der Waals surface area contributed by atoms with Crippen LogP contribution in [-0.4, -0.2) is 56.6 Å². The molecule has 224 valence electrons. The highest BCUT2D eigenvalue weighted by Gasteiger charge is 2.25. The molecule has 4 aromatic rings. The molecule has 5 rings (SSSR count). The average molecular weight is 603 g/mol. The Balaban J connectivity index is 1.38. The average Bonchev–Trinajstić information content (AvgIpc) is 3.35. The quantitative estimate of drug-likeness (QED) is 0.247. The van der Waals surface area contributed by atoms with Gasteiger partial charge >= 0.3 is 0 Å².